The van der Waals surface area contributed by atoms with Crippen LogP contribution in [0.5, 0.6) is 5.75 Å². The summed E-state index contributed by atoms with van der Waals surface area (Å²) in [6.07, 6.45) is 6.03. The third-order valence-corrected chi connectivity index (χ3v) is 6.38. The number of pyridine rings is 1. The van der Waals surface area contributed by atoms with Crippen molar-refractivity contribution in [3.05, 3.63) is 106 Å². The van der Waals surface area contributed by atoms with Crippen molar-refractivity contribution in [3.63, 3.8) is 0 Å². The molecule has 36 heavy (non-hydrogen) atoms. The van der Waals surface area contributed by atoms with Crippen LogP contribution in [0.15, 0.2) is 78.9 Å². The first-order valence-electron chi connectivity index (χ1n) is 12.0. The summed E-state index contributed by atoms with van der Waals surface area (Å²) in [5.41, 5.74) is 3.81. The number of carboxylic acids is 1. The van der Waals surface area contributed by atoms with Crippen LogP contribution >= 0.6 is 11.6 Å². The summed E-state index contributed by atoms with van der Waals surface area (Å²) < 4.78 is 12.2. The summed E-state index contributed by atoms with van der Waals surface area (Å²) in [5.74, 6) is -0.0873. The van der Waals surface area contributed by atoms with Crippen molar-refractivity contribution in [2.24, 2.45) is 5.92 Å². The lowest BCUT2D eigenvalue weighted by Gasteiger charge is -2.20. The minimum Gasteiger partial charge on any atom is -0.490 e. The van der Waals surface area contributed by atoms with Crippen LogP contribution in [-0.4, -0.2) is 29.3 Å². The standard InChI is InChI=1S/C30H26ClNO4/c31-24-13-11-22-12-15-25(32-27(22)17-24)14-10-20-4-3-5-23(16-20)29(35-18-21-8-9-21)19-36-28-7-2-1-6-26(28)30(33)34/h1-7,10-17,21,29H,8-9,18-19H2,(H,33,34)/b14-10+. The van der Waals surface area contributed by atoms with Gasteiger partial charge in [-0.3, -0.25) is 0 Å². The molecule has 0 amide bonds. The monoisotopic (exact) mass is 499 g/mol. The zero-order valence-corrected chi connectivity index (χ0v) is 20.4. The van der Waals surface area contributed by atoms with E-state index in [0.29, 0.717) is 23.3 Å². The molecule has 1 aliphatic carbocycles. The Labute approximate surface area is 215 Å². The molecule has 0 spiro atoms. The van der Waals surface area contributed by atoms with E-state index < -0.39 is 5.97 Å². The predicted octanol–water partition coefficient (Wildman–Crippen LogP) is 7.30. The maximum Gasteiger partial charge on any atom is 0.339 e. The first kappa shape index (κ1) is 24.0. The lowest BCUT2D eigenvalue weighted by molar-refractivity contribution is 0.0128. The smallest absolute Gasteiger partial charge is 0.339 e. The van der Waals surface area contributed by atoms with Gasteiger partial charge in [-0.15, -0.1) is 0 Å². The zero-order valence-electron chi connectivity index (χ0n) is 19.6. The number of para-hydroxylation sites is 1. The minimum atomic E-state index is -1.02. The number of nitrogens with zero attached hydrogens (tertiary/aromatic N) is 1. The second kappa shape index (κ2) is 10.9. The van der Waals surface area contributed by atoms with Gasteiger partial charge in [-0.05, 0) is 72.4 Å². The topological polar surface area (TPSA) is 68.7 Å². The lowest BCUT2D eigenvalue weighted by atomic mass is 10.1. The van der Waals surface area contributed by atoms with Crippen molar-refractivity contribution in [2.45, 2.75) is 18.9 Å². The highest BCUT2D eigenvalue weighted by atomic mass is 35.5. The van der Waals surface area contributed by atoms with E-state index in [-0.39, 0.29) is 18.3 Å². The van der Waals surface area contributed by atoms with Gasteiger partial charge in [0, 0.05) is 10.4 Å². The zero-order chi connectivity index (χ0) is 24.9. The molecule has 1 fully saturated rings. The quantitative estimate of drug-likeness (QED) is 0.248. The van der Waals surface area contributed by atoms with Gasteiger partial charge < -0.3 is 14.6 Å². The molecule has 0 bridgehead atoms. The lowest BCUT2D eigenvalue weighted by Crippen LogP contribution is -2.16. The van der Waals surface area contributed by atoms with Crippen LogP contribution in [-0.2, 0) is 4.74 Å². The van der Waals surface area contributed by atoms with Crippen molar-refractivity contribution in [2.75, 3.05) is 13.2 Å². The number of hydrogen-bond acceptors (Lipinski definition) is 4. The molecular formula is C30H26ClNO4. The van der Waals surface area contributed by atoms with Crippen LogP contribution in [0.4, 0.5) is 0 Å². The molecule has 1 N–H and O–H groups in total. The van der Waals surface area contributed by atoms with Gasteiger partial charge in [0.15, 0.2) is 0 Å². The fourth-order valence-electron chi connectivity index (χ4n) is 3.96. The first-order valence-corrected chi connectivity index (χ1v) is 12.3. The summed E-state index contributed by atoms with van der Waals surface area (Å²) in [4.78, 5) is 16.2. The molecule has 5 rings (SSSR count). The summed E-state index contributed by atoms with van der Waals surface area (Å²) in [6, 6.07) is 24.4. The van der Waals surface area contributed by atoms with Crippen molar-refractivity contribution in [3.8, 4) is 5.75 Å². The maximum atomic E-state index is 11.6. The fourth-order valence-corrected chi connectivity index (χ4v) is 4.12. The molecule has 182 valence electrons. The Kier molecular flexibility index (Phi) is 7.31. The highest BCUT2D eigenvalue weighted by molar-refractivity contribution is 6.31. The van der Waals surface area contributed by atoms with Gasteiger partial charge >= 0.3 is 5.97 Å². The van der Waals surface area contributed by atoms with Gasteiger partial charge in [0.05, 0.1) is 17.8 Å². The van der Waals surface area contributed by atoms with Crippen LogP contribution in [0.2, 0.25) is 5.02 Å². The van der Waals surface area contributed by atoms with E-state index >= 15 is 0 Å². The van der Waals surface area contributed by atoms with Crippen LogP contribution in [0.25, 0.3) is 23.1 Å². The van der Waals surface area contributed by atoms with Gasteiger partial charge in [-0.2, -0.15) is 0 Å². The van der Waals surface area contributed by atoms with E-state index in [9.17, 15) is 9.90 Å². The van der Waals surface area contributed by atoms with Crippen LogP contribution < -0.4 is 4.74 Å². The number of hydrogen-bond donors (Lipinski definition) is 1. The van der Waals surface area contributed by atoms with Crippen molar-refractivity contribution in [1.82, 2.24) is 4.98 Å². The third kappa shape index (κ3) is 6.11. The number of aromatic carboxylic acids is 1. The number of fused-ring (bicyclic) bond motifs is 1. The number of ether oxygens (including phenoxy) is 2. The Morgan fingerprint density at radius 3 is 2.69 bits per heavy atom. The number of rotatable bonds is 10. The first-order chi connectivity index (χ1) is 17.5. The molecule has 0 aliphatic heterocycles. The van der Waals surface area contributed by atoms with E-state index in [4.69, 9.17) is 21.1 Å². The third-order valence-electron chi connectivity index (χ3n) is 6.14. The average Bonchev–Trinajstić information content (AvgIpc) is 3.72. The average molecular weight is 500 g/mol. The molecular weight excluding hydrogens is 474 g/mol. The number of carboxylic acid groups (broad SMARTS) is 1. The Bertz CT molecular complexity index is 1410. The molecule has 1 aliphatic rings. The Morgan fingerprint density at radius 2 is 1.86 bits per heavy atom. The van der Waals surface area contributed by atoms with E-state index in [2.05, 4.69) is 11.1 Å². The van der Waals surface area contributed by atoms with Crippen molar-refractivity contribution >= 4 is 40.6 Å². The highest BCUT2D eigenvalue weighted by Gasteiger charge is 2.24. The summed E-state index contributed by atoms with van der Waals surface area (Å²) in [5, 5.41) is 11.2. The minimum absolute atomic E-state index is 0.138. The molecule has 1 atom stereocenters. The molecule has 1 aromatic heterocycles. The Hall–Kier alpha value is -3.67. The number of aromatic nitrogens is 1. The van der Waals surface area contributed by atoms with E-state index in [1.807, 2.05) is 60.7 Å². The van der Waals surface area contributed by atoms with Gasteiger partial charge in [0.1, 0.15) is 24.0 Å². The Morgan fingerprint density at radius 1 is 1.03 bits per heavy atom. The van der Waals surface area contributed by atoms with Crippen LogP contribution in [0.1, 0.15) is 46.1 Å². The molecule has 0 radical (unpaired) electrons. The number of benzene rings is 3. The largest absolute Gasteiger partial charge is 0.490 e. The van der Waals surface area contributed by atoms with Crippen molar-refractivity contribution < 1.29 is 19.4 Å². The Balaban J connectivity index is 1.34. The molecule has 4 aromatic rings. The predicted molar refractivity (Wildman–Crippen MR) is 142 cm³/mol. The molecule has 1 saturated carbocycles. The van der Waals surface area contributed by atoms with Crippen LogP contribution in [0.3, 0.4) is 0 Å². The van der Waals surface area contributed by atoms with E-state index in [1.165, 1.54) is 18.9 Å². The van der Waals surface area contributed by atoms with Crippen LogP contribution in [0, 0.1) is 5.92 Å². The summed E-state index contributed by atoms with van der Waals surface area (Å²) in [7, 11) is 0. The SMILES string of the molecule is O=C(O)c1ccccc1OCC(OCC1CC1)c1cccc(/C=C/c2ccc3ccc(Cl)cc3n2)c1. The second-order valence-corrected chi connectivity index (χ2v) is 9.39. The molecule has 1 unspecified atom stereocenters. The normalized spacial score (nSPS) is 14.2. The van der Waals surface area contributed by atoms with Crippen molar-refractivity contribution in [1.29, 1.82) is 0 Å². The highest BCUT2D eigenvalue weighted by Crippen LogP contribution is 2.32. The molecule has 0 saturated heterocycles. The number of halogens is 1. The molecule has 1 heterocycles. The van der Waals surface area contributed by atoms with Gasteiger partial charge in [0.2, 0.25) is 0 Å². The summed E-state index contributed by atoms with van der Waals surface area (Å²) in [6.45, 7) is 0.884. The maximum absolute atomic E-state index is 11.6. The van der Waals surface area contributed by atoms with E-state index in [1.54, 1.807) is 18.2 Å². The van der Waals surface area contributed by atoms with Gasteiger partial charge in [-0.25, -0.2) is 9.78 Å². The summed E-state index contributed by atoms with van der Waals surface area (Å²) >= 11 is 6.12. The number of carbonyl (C=O) groups is 1. The van der Waals surface area contributed by atoms with Gasteiger partial charge in [0.25, 0.3) is 0 Å². The fraction of sp³-hybridized carbons (Fsp3) is 0.200. The molecule has 3 aromatic carbocycles. The van der Waals surface area contributed by atoms with Gasteiger partial charge in [-0.1, -0.05) is 60.1 Å². The molecule has 5 nitrogen and oxygen atoms in total. The van der Waals surface area contributed by atoms with E-state index in [0.717, 1.165) is 27.7 Å². The second-order valence-electron chi connectivity index (χ2n) is 8.95. The molecule has 6 heteroatoms.